The molecule has 2 N–H and O–H groups in total. The molecule has 0 radical (unpaired) electrons. The molecule has 0 atom stereocenters. The normalized spacial score (nSPS) is 10.3. The second-order valence-electron chi connectivity index (χ2n) is 4.04. The van der Waals surface area contributed by atoms with E-state index in [9.17, 15) is 4.79 Å². The van der Waals surface area contributed by atoms with Gasteiger partial charge in [-0.05, 0) is 30.7 Å². The third-order valence-electron chi connectivity index (χ3n) is 2.67. The summed E-state index contributed by atoms with van der Waals surface area (Å²) < 4.78 is 0.981. The highest BCUT2D eigenvalue weighted by Crippen LogP contribution is 2.15. The SMILES string of the molecule is Cc1cc(Br)ccc1C(=O)NCCc1cnc[nH]1. The van der Waals surface area contributed by atoms with E-state index in [0.29, 0.717) is 12.1 Å². The molecule has 1 aromatic heterocycles. The van der Waals surface area contributed by atoms with Crippen LogP contribution in [0.1, 0.15) is 21.6 Å². The zero-order chi connectivity index (χ0) is 13.0. The van der Waals surface area contributed by atoms with Crippen molar-refractivity contribution in [2.24, 2.45) is 0 Å². The fraction of sp³-hybridized carbons (Fsp3) is 0.231. The molecule has 0 bridgehead atoms. The Bertz CT molecular complexity index is 537. The number of benzene rings is 1. The van der Waals surface area contributed by atoms with Crippen LogP contribution in [0.25, 0.3) is 0 Å². The number of hydrogen-bond acceptors (Lipinski definition) is 2. The van der Waals surface area contributed by atoms with Gasteiger partial charge in [0.2, 0.25) is 0 Å². The molecule has 0 unspecified atom stereocenters. The lowest BCUT2D eigenvalue weighted by Crippen LogP contribution is -2.26. The molecule has 0 aliphatic heterocycles. The number of aromatic amines is 1. The number of halogens is 1. The number of rotatable bonds is 4. The zero-order valence-electron chi connectivity index (χ0n) is 10.0. The van der Waals surface area contributed by atoms with Crippen molar-refractivity contribution in [3.63, 3.8) is 0 Å². The molecule has 4 nitrogen and oxygen atoms in total. The van der Waals surface area contributed by atoms with Crippen molar-refractivity contribution in [1.82, 2.24) is 15.3 Å². The van der Waals surface area contributed by atoms with Gasteiger partial charge < -0.3 is 10.3 Å². The summed E-state index contributed by atoms with van der Waals surface area (Å²) >= 11 is 3.38. The van der Waals surface area contributed by atoms with E-state index in [2.05, 4.69) is 31.2 Å². The minimum Gasteiger partial charge on any atom is -0.352 e. The predicted octanol–water partition coefficient (Wildman–Crippen LogP) is 2.45. The van der Waals surface area contributed by atoms with Crippen molar-refractivity contribution in [2.45, 2.75) is 13.3 Å². The second-order valence-corrected chi connectivity index (χ2v) is 4.96. The fourth-order valence-corrected chi connectivity index (χ4v) is 2.18. The van der Waals surface area contributed by atoms with Crippen LogP contribution >= 0.6 is 15.9 Å². The number of nitrogens with zero attached hydrogens (tertiary/aromatic N) is 1. The summed E-state index contributed by atoms with van der Waals surface area (Å²) in [5, 5.41) is 2.90. The van der Waals surface area contributed by atoms with Crippen molar-refractivity contribution in [2.75, 3.05) is 6.54 Å². The molecule has 1 heterocycles. The lowest BCUT2D eigenvalue weighted by Gasteiger charge is -2.07. The highest BCUT2D eigenvalue weighted by Gasteiger charge is 2.08. The van der Waals surface area contributed by atoms with Crippen molar-refractivity contribution < 1.29 is 4.79 Å². The Morgan fingerprint density at radius 3 is 3.00 bits per heavy atom. The number of imidazole rings is 1. The van der Waals surface area contributed by atoms with Crippen LogP contribution in [0.4, 0.5) is 0 Å². The molecule has 5 heteroatoms. The van der Waals surface area contributed by atoms with Crippen LogP contribution < -0.4 is 5.32 Å². The summed E-state index contributed by atoms with van der Waals surface area (Å²) in [5.74, 6) is -0.0421. The van der Waals surface area contributed by atoms with Gasteiger partial charge in [0, 0.05) is 34.9 Å². The minimum atomic E-state index is -0.0421. The standard InChI is InChI=1S/C13H14BrN3O/c1-9-6-10(14)2-3-12(9)13(18)16-5-4-11-7-15-8-17-11/h2-3,6-8H,4-5H2,1H3,(H,15,17)(H,16,18). The van der Waals surface area contributed by atoms with Crippen LogP contribution in [0, 0.1) is 6.92 Å². The Balaban J connectivity index is 1.91. The van der Waals surface area contributed by atoms with Crippen LogP contribution in [0.3, 0.4) is 0 Å². The van der Waals surface area contributed by atoms with E-state index >= 15 is 0 Å². The first-order valence-electron chi connectivity index (χ1n) is 5.68. The molecule has 0 fully saturated rings. The van der Waals surface area contributed by atoms with Gasteiger partial charge in [0.05, 0.1) is 6.33 Å². The largest absolute Gasteiger partial charge is 0.352 e. The van der Waals surface area contributed by atoms with Gasteiger partial charge in [-0.3, -0.25) is 4.79 Å². The molecule has 1 amide bonds. The van der Waals surface area contributed by atoms with Gasteiger partial charge in [0.15, 0.2) is 0 Å². The van der Waals surface area contributed by atoms with Crippen LogP contribution in [0.5, 0.6) is 0 Å². The van der Waals surface area contributed by atoms with Gasteiger partial charge in [-0.25, -0.2) is 4.98 Å². The number of carbonyl (C=O) groups is 1. The monoisotopic (exact) mass is 307 g/mol. The lowest BCUT2D eigenvalue weighted by molar-refractivity contribution is 0.0953. The van der Waals surface area contributed by atoms with E-state index in [0.717, 1.165) is 22.2 Å². The molecule has 0 spiro atoms. The van der Waals surface area contributed by atoms with Gasteiger partial charge >= 0.3 is 0 Å². The van der Waals surface area contributed by atoms with Crippen molar-refractivity contribution in [3.8, 4) is 0 Å². The topological polar surface area (TPSA) is 57.8 Å². The Kier molecular flexibility index (Phi) is 4.15. The van der Waals surface area contributed by atoms with Gasteiger partial charge in [-0.1, -0.05) is 15.9 Å². The summed E-state index contributed by atoms with van der Waals surface area (Å²) in [5.41, 5.74) is 2.69. The molecule has 2 aromatic rings. The molecular formula is C13H14BrN3O. The summed E-state index contributed by atoms with van der Waals surface area (Å²) in [6.07, 6.45) is 4.15. The highest BCUT2D eigenvalue weighted by molar-refractivity contribution is 9.10. The fourth-order valence-electron chi connectivity index (χ4n) is 1.71. The third-order valence-corrected chi connectivity index (χ3v) is 3.16. The second kappa shape index (κ2) is 5.82. The van der Waals surface area contributed by atoms with Crippen molar-refractivity contribution in [3.05, 3.63) is 52.0 Å². The summed E-state index contributed by atoms with van der Waals surface area (Å²) in [7, 11) is 0. The summed E-state index contributed by atoms with van der Waals surface area (Å²) in [6, 6.07) is 5.63. The van der Waals surface area contributed by atoms with Crippen molar-refractivity contribution in [1.29, 1.82) is 0 Å². The first kappa shape index (κ1) is 12.8. The molecule has 0 aliphatic rings. The molecule has 0 saturated heterocycles. The molecule has 94 valence electrons. The molecule has 1 aromatic carbocycles. The average Bonchev–Trinajstić information content (AvgIpc) is 2.81. The van der Waals surface area contributed by atoms with Gasteiger partial charge in [0.25, 0.3) is 5.91 Å². The van der Waals surface area contributed by atoms with Crippen LogP contribution in [0.15, 0.2) is 35.2 Å². The molecule has 0 aliphatic carbocycles. The maximum Gasteiger partial charge on any atom is 0.251 e. The summed E-state index contributed by atoms with van der Waals surface area (Å²) in [6.45, 7) is 2.52. The zero-order valence-corrected chi connectivity index (χ0v) is 11.6. The smallest absolute Gasteiger partial charge is 0.251 e. The highest BCUT2D eigenvalue weighted by atomic mass is 79.9. The number of carbonyl (C=O) groups excluding carboxylic acids is 1. The van der Waals surface area contributed by atoms with E-state index in [-0.39, 0.29) is 5.91 Å². The number of aryl methyl sites for hydroxylation is 1. The van der Waals surface area contributed by atoms with Crippen LogP contribution in [-0.4, -0.2) is 22.4 Å². The summed E-state index contributed by atoms with van der Waals surface area (Å²) in [4.78, 5) is 18.9. The molecular weight excluding hydrogens is 294 g/mol. The Hall–Kier alpha value is -1.62. The first-order chi connectivity index (χ1) is 8.66. The molecule has 18 heavy (non-hydrogen) atoms. The van der Waals surface area contributed by atoms with Crippen LogP contribution in [0.2, 0.25) is 0 Å². The maximum absolute atomic E-state index is 12.0. The van der Waals surface area contributed by atoms with Gasteiger partial charge in [-0.15, -0.1) is 0 Å². The Labute approximate surface area is 114 Å². The quantitative estimate of drug-likeness (QED) is 0.911. The predicted molar refractivity (Wildman–Crippen MR) is 73.5 cm³/mol. The number of hydrogen-bond donors (Lipinski definition) is 2. The number of nitrogens with one attached hydrogen (secondary N) is 2. The van der Waals surface area contributed by atoms with Crippen molar-refractivity contribution >= 4 is 21.8 Å². The third kappa shape index (κ3) is 3.20. The van der Waals surface area contributed by atoms with E-state index < -0.39 is 0 Å². The van der Waals surface area contributed by atoms with Gasteiger partial charge in [-0.2, -0.15) is 0 Å². The molecule has 2 rings (SSSR count). The van der Waals surface area contributed by atoms with Crippen LogP contribution in [-0.2, 0) is 6.42 Å². The number of H-pyrrole nitrogens is 1. The Morgan fingerprint density at radius 2 is 2.33 bits per heavy atom. The number of aromatic nitrogens is 2. The van der Waals surface area contributed by atoms with E-state index in [1.165, 1.54) is 0 Å². The minimum absolute atomic E-state index is 0.0421. The van der Waals surface area contributed by atoms with E-state index in [4.69, 9.17) is 0 Å². The lowest BCUT2D eigenvalue weighted by atomic mass is 10.1. The van der Waals surface area contributed by atoms with Gasteiger partial charge in [0.1, 0.15) is 0 Å². The van der Waals surface area contributed by atoms with E-state index in [1.807, 2.05) is 25.1 Å². The average molecular weight is 308 g/mol. The maximum atomic E-state index is 12.0. The molecule has 0 saturated carbocycles. The van der Waals surface area contributed by atoms with E-state index in [1.54, 1.807) is 12.5 Å². The Morgan fingerprint density at radius 1 is 1.50 bits per heavy atom. The number of amides is 1. The first-order valence-corrected chi connectivity index (χ1v) is 6.47.